The van der Waals surface area contributed by atoms with E-state index < -0.39 is 0 Å². The third kappa shape index (κ3) is 3.12. The Hall–Kier alpha value is -2.26. The average molecular weight is 242 g/mol. The number of benzene rings is 1. The summed E-state index contributed by atoms with van der Waals surface area (Å²) < 4.78 is 0. The van der Waals surface area contributed by atoms with Crippen molar-refractivity contribution >= 4 is 17.7 Å². The molecular weight excluding hydrogens is 228 g/mol. The number of hydrogen-bond donors (Lipinski definition) is 1. The fraction of sp³-hybridized carbons (Fsp3) is 0.308. The molecule has 5 nitrogen and oxygen atoms in total. The smallest absolute Gasteiger partial charge is 0.224 e. The maximum Gasteiger partial charge on any atom is 0.224 e. The van der Waals surface area contributed by atoms with E-state index in [0.717, 1.165) is 24.1 Å². The molecule has 1 aromatic carbocycles. The van der Waals surface area contributed by atoms with Gasteiger partial charge in [-0.15, -0.1) is 0 Å². The van der Waals surface area contributed by atoms with E-state index in [0.29, 0.717) is 13.0 Å². The quantitative estimate of drug-likeness (QED) is 0.374. The monoisotopic (exact) mass is 242 g/mol. The second kappa shape index (κ2) is 5.89. The first-order valence-corrected chi connectivity index (χ1v) is 5.90. The summed E-state index contributed by atoms with van der Waals surface area (Å²) in [5.74, 6) is 0.0835. The summed E-state index contributed by atoms with van der Waals surface area (Å²) in [6.45, 7) is 0.480. The van der Waals surface area contributed by atoms with Crippen LogP contribution in [0.5, 0.6) is 0 Å². The molecule has 0 bridgehead atoms. The van der Waals surface area contributed by atoms with E-state index in [1.54, 1.807) is 0 Å². The van der Waals surface area contributed by atoms with Gasteiger partial charge in [0.25, 0.3) is 0 Å². The lowest BCUT2D eigenvalue weighted by atomic mass is 10.0. The zero-order valence-corrected chi connectivity index (χ0v) is 9.97. The van der Waals surface area contributed by atoms with Crippen molar-refractivity contribution in [3.8, 4) is 0 Å². The fourth-order valence-corrected chi connectivity index (χ4v) is 1.90. The second-order valence-electron chi connectivity index (χ2n) is 4.11. The Morgan fingerprint density at radius 2 is 2.33 bits per heavy atom. The lowest BCUT2D eigenvalue weighted by Crippen LogP contribution is -2.18. The van der Waals surface area contributed by atoms with Gasteiger partial charge in [-0.2, -0.15) is 0 Å². The number of nitrogens with zero attached hydrogens (tertiary/aromatic N) is 3. The van der Waals surface area contributed by atoms with E-state index in [1.807, 2.05) is 24.3 Å². The number of aryl methyl sites for hydroxylation is 1. The van der Waals surface area contributed by atoms with Crippen LogP contribution in [-0.4, -0.2) is 12.5 Å². The summed E-state index contributed by atoms with van der Waals surface area (Å²) in [6.07, 6.45) is 6.07. The van der Waals surface area contributed by atoms with Crippen molar-refractivity contribution < 1.29 is 4.79 Å². The largest absolute Gasteiger partial charge is 0.326 e. The van der Waals surface area contributed by atoms with Crippen molar-refractivity contribution in [1.82, 2.24) is 0 Å². The Kier molecular flexibility index (Phi) is 3.99. The molecule has 1 aliphatic heterocycles. The van der Waals surface area contributed by atoms with Crippen molar-refractivity contribution in [2.24, 2.45) is 5.11 Å². The minimum Gasteiger partial charge on any atom is -0.326 e. The van der Waals surface area contributed by atoms with Crippen molar-refractivity contribution in [1.29, 1.82) is 0 Å². The van der Waals surface area contributed by atoms with Gasteiger partial charge in [-0.3, -0.25) is 4.79 Å². The predicted molar refractivity (Wildman–Crippen MR) is 71.1 cm³/mol. The molecule has 1 heterocycles. The van der Waals surface area contributed by atoms with Crippen molar-refractivity contribution in [3.63, 3.8) is 0 Å². The van der Waals surface area contributed by atoms with Gasteiger partial charge in [0.05, 0.1) is 0 Å². The number of azide groups is 1. The van der Waals surface area contributed by atoms with E-state index in [2.05, 4.69) is 21.4 Å². The molecule has 0 radical (unpaired) electrons. The van der Waals surface area contributed by atoms with Crippen LogP contribution in [0.1, 0.15) is 24.0 Å². The molecule has 0 aromatic heterocycles. The lowest BCUT2D eigenvalue weighted by molar-refractivity contribution is -0.116. The van der Waals surface area contributed by atoms with Crippen LogP contribution in [0.3, 0.4) is 0 Å². The van der Waals surface area contributed by atoms with E-state index in [1.165, 1.54) is 5.56 Å². The number of anilines is 1. The summed E-state index contributed by atoms with van der Waals surface area (Å²) >= 11 is 0. The molecule has 0 unspecified atom stereocenters. The molecule has 92 valence electrons. The molecule has 0 spiro atoms. The minimum absolute atomic E-state index is 0.0835. The van der Waals surface area contributed by atoms with Gasteiger partial charge in [-0.05, 0) is 41.6 Å². The Labute approximate surface area is 105 Å². The normalized spacial score (nSPS) is 13.9. The van der Waals surface area contributed by atoms with Gasteiger partial charge in [0, 0.05) is 23.6 Å². The molecule has 18 heavy (non-hydrogen) atoms. The maximum absolute atomic E-state index is 11.2. The highest BCUT2D eigenvalue weighted by atomic mass is 16.1. The standard InChI is InChI=1S/C13H14N4O/c14-17-15-8-2-1-3-10-4-6-12-11(9-10)5-7-13(18)16-12/h1,3-4,6,9H,2,5,7-8H2,(H,16,18). The van der Waals surface area contributed by atoms with Gasteiger partial charge >= 0.3 is 0 Å². The summed E-state index contributed by atoms with van der Waals surface area (Å²) in [5, 5.41) is 6.32. The third-order valence-corrected chi connectivity index (χ3v) is 2.79. The lowest BCUT2D eigenvalue weighted by Gasteiger charge is -2.16. The Morgan fingerprint density at radius 3 is 3.17 bits per heavy atom. The van der Waals surface area contributed by atoms with Gasteiger partial charge in [-0.1, -0.05) is 23.3 Å². The molecule has 1 amide bonds. The number of amides is 1. The first-order valence-electron chi connectivity index (χ1n) is 5.90. The van der Waals surface area contributed by atoms with Crippen molar-refractivity contribution in [2.75, 3.05) is 11.9 Å². The van der Waals surface area contributed by atoms with Crippen LogP contribution in [-0.2, 0) is 11.2 Å². The SMILES string of the molecule is [N-]=[N+]=NCCC=Cc1ccc2c(c1)CCC(=O)N2. The average Bonchev–Trinajstić information content (AvgIpc) is 2.38. The molecular formula is C13H14N4O. The molecule has 0 saturated heterocycles. The van der Waals surface area contributed by atoms with Crippen LogP contribution in [0.4, 0.5) is 5.69 Å². The Bertz CT molecular complexity index is 530. The number of rotatable bonds is 4. The Balaban J connectivity index is 2.02. The zero-order chi connectivity index (χ0) is 12.8. The molecule has 0 aliphatic carbocycles. The number of carbonyl (C=O) groups is 1. The van der Waals surface area contributed by atoms with E-state index >= 15 is 0 Å². The summed E-state index contributed by atoms with van der Waals surface area (Å²) in [7, 11) is 0. The van der Waals surface area contributed by atoms with Crippen molar-refractivity contribution in [2.45, 2.75) is 19.3 Å². The molecule has 0 atom stereocenters. The third-order valence-electron chi connectivity index (χ3n) is 2.79. The first-order chi connectivity index (χ1) is 8.79. The highest BCUT2D eigenvalue weighted by molar-refractivity contribution is 5.94. The first kappa shape index (κ1) is 12.2. The second-order valence-corrected chi connectivity index (χ2v) is 4.11. The summed E-state index contributed by atoms with van der Waals surface area (Å²) in [4.78, 5) is 13.9. The van der Waals surface area contributed by atoms with Crippen LogP contribution in [0.25, 0.3) is 16.5 Å². The van der Waals surface area contributed by atoms with Crippen molar-refractivity contribution in [3.05, 3.63) is 45.8 Å². The molecule has 2 rings (SSSR count). The topological polar surface area (TPSA) is 77.9 Å². The highest BCUT2D eigenvalue weighted by Crippen LogP contribution is 2.24. The van der Waals surface area contributed by atoms with Gasteiger partial charge in [-0.25, -0.2) is 0 Å². The van der Waals surface area contributed by atoms with E-state index in [4.69, 9.17) is 5.53 Å². The predicted octanol–water partition coefficient (Wildman–Crippen LogP) is 3.28. The molecule has 1 aliphatic rings. The molecule has 1 N–H and O–H groups in total. The molecule has 0 fully saturated rings. The Morgan fingerprint density at radius 1 is 1.44 bits per heavy atom. The van der Waals surface area contributed by atoms with E-state index in [-0.39, 0.29) is 5.91 Å². The number of fused-ring (bicyclic) bond motifs is 1. The highest BCUT2D eigenvalue weighted by Gasteiger charge is 2.13. The van der Waals surface area contributed by atoms with Crippen LogP contribution >= 0.6 is 0 Å². The molecule has 0 saturated carbocycles. The number of hydrogen-bond acceptors (Lipinski definition) is 2. The molecule has 5 heteroatoms. The summed E-state index contributed by atoms with van der Waals surface area (Å²) in [6, 6.07) is 5.98. The van der Waals surface area contributed by atoms with Gasteiger partial charge in [0.15, 0.2) is 0 Å². The van der Waals surface area contributed by atoms with Crippen LogP contribution in [0, 0.1) is 0 Å². The van der Waals surface area contributed by atoms with Gasteiger partial charge in [0.1, 0.15) is 0 Å². The van der Waals surface area contributed by atoms with Gasteiger partial charge < -0.3 is 5.32 Å². The van der Waals surface area contributed by atoms with Gasteiger partial charge in [0.2, 0.25) is 5.91 Å². The van der Waals surface area contributed by atoms with Crippen LogP contribution < -0.4 is 5.32 Å². The van der Waals surface area contributed by atoms with Crippen LogP contribution in [0.2, 0.25) is 0 Å². The zero-order valence-electron chi connectivity index (χ0n) is 9.97. The fourth-order valence-electron chi connectivity index (χ4n) is 1.90. The number of carbonyl (C=O) groups excluding carboxylic acids is 1. The number of nitrogens with one attached hydrogen (secondary N) is 1. The van der Waals surface area contributed by atoms with E-state index in [9.17, 15) is 4.79 Å². The van der Waals surface area contributed by atoms with Crippen LogP contribution in [0.15, 0.2) is 29.4 Å². The molecule has 1 aromatic rings. The minimum atomic E-state index is 0.0835. The maximum atomic E-state index is 11.2. The summed E-state index contributed by atoms with van der Waals surface area (Å²) in [5.41, 5.74) is 11.3.